The third kappa shape index (κ3) is 4.61. The van der Waals surface area contributed by atoms with Crippen molar-refractivity contribution in [2.24, 2.45) is 4.99 Å². The van der Waals surface area contributed by atoms with Crippen LogP contribution >= 0.6 is 0 Å². The van der Waals surface area contributed by atoms with E-state index in [2.05, 4.69) is 22.1 Å². The first-order valence-corrected chi connectivity index (χ1v) is 9.72. The predicted molar refractivity (Wildman–Crippen MR) is 117 cm³/mol. The number of hydrogen-bond acceptors (Lipinski definition) is 2. The molecule has 0 aliphatic carbocycles. The number of amides is 1. The highest BCUT2D eigenvalue weighted by Gasteiger charge is 2.28. The van der Waals surface area contributed by atoms with Crippen molar-refractivity contribution in [1.82, 2.24) is 9.88 Å². The smallest absolute Gasteiger partial charge is 0.278 e. The maximum absolute atomic E-state index is 13.0. The maximum atomic E-state index is 13.0. The molecule has 1 N–H and O–H groups in total. The van der Waals surface area contributed by atoms with Crippen LogP contribution in [0, 0.1) is 6.92 Å². The van der Waals surface area contributed by atoms with E-state index in [1.54, 1.807) is 4.90 Å². The summed E-state index contributed by atoms with van der Waals surface area (Å²) in [5, 5.41) is 0. The summed E-state index contributed by atoms with van der Waals surface area (Å²) in [6.45, 7) is 2.00. The highest BCUT2D eigenvalue weighted by atomic mass is 16.2. The van der Waals surface area contributed by atoms with Crippen LogP contribution < -0.4 is 0 Å². The Hall–Kier alpha value is -3.66. The molecule has 29 heavy (non-hydrogen) atoms. The molecular weight excluding hydrogens is 358 g/mol. The monoisotopic (exact) mass is 381 g/mol. The average molecular weight is 381 g/mol. The van der Waals surface area contributed by atoms with Gasteiger partial charge in [-0.3, -0.25) is 9.69 Å². The number of aromatic amines is 1. The number of allylic oxidation sites excluding steroid dienone is 1. The molecule has 3 aromatic rings. The Morgan fingerprint density at radius 1 is 0.966 bits per heavy atom. The fourth-order valence-corrected chi connectivity index (χ4v) is 3.28. The summed E-state index contributed by atoms with van der Waals surface area (Å²) in [6.07, 6.45) is 6.97. The van der Waals surface area contributed by atoms with Gasteiger partial charge in [-0.15, -0.1) is 0 Å². The van der Waals surface area contributed by atoms with Crippen LogP contribution in [0.3, 0.4) is 0 Å². The van der Waals surface area contributed by atoms with Crippen LogP contribution in [0.5, 0.6) is 0 Å². The van der Waals surface area contributed by atoms with E-state index in [-0.39, 0.29) is 5.91 Å². The summed E-state index contributed by atoms with van der Waals surface area (Å²) in [5.74, 6) is 0.591. The lowest BCUT2D eigenvalue weighted by Gasteiger charge is -2.11. The molecule has 0 fully saturated rings. The second-order valence-corrected chi connectivity index (χ2v) is 7.06. The van der Waals surface area contributed by atoms with Crippen molar-refractivity contribution in [2.45, 2.75) is 19.8 Å². The van der Waals surface area contributed by atoms with Crippen molar-refractivity contribution < 1.29 is 4.79 Å². The summed E-state index contributed by atoms with van der Waals surface area (Å²) in [6, 6.07) is 24.1. The molecule has 0 saturated carbocycles. The normalized spacial score (nSPS) is 15.5. The predicted octanol–water partition coefficient (Wildman–Crippen LogP) is 4.90. The van der Waals surface area contributed by atoms with Gasteiger partial charge in [0.15, 0.2) is 0 Å². The number of aryl methyl sites for hydroxylation is 1. The molecule has 2 heterocycles. The third-order valence-corrected chi connectivity index (χ3v) is 4.79. The number of hydrogen-bond donors (Lipinski definition) is 1. The zero-order valence-electron chi connectivity index (χ0n) is 16.4. The summed E-state index contributed by atoms with van der Waals surface area (Å²) in [7, 11) is 0. The molecule has 0 spiro atoms. The van der Waals surface area contributed by atoms with Gasteiger partial charge < -0.3 is 4.98 Å². The van der Waals surface area contributed by atoms with Crippen molar-refractivity contribution in [1.29, 1.82) is 0 Å². The van der Waals surface area contributed by atoms with Gasteiger partial charge in [0.25, 0.3) is 5.91 Å². The molecule has 4 nitrogen and oxygen atoms in total. The van der Waals surface area contributed by atoms with Gasteiger partial charge in [-0.1, -0.05) is 60.7 Å². The zero-order chi connectivity index (χ0) is 20.1. The van der Waals surface area contributed by atoms with Crippen LogP contribution in [-0.2, 0) is 17.6 Å². The standard InChI is InChI=1S/C25H23N3O/c1-19-12-14-22(26-19)18-23-25(29)28(17-16-21-10-6-3-7-11-21)24(27-23)15-13-20-8-4-2-5-9-20/h2-12,14-17,26H,13,18H2,1H3/b17-16+,24-15+. The number of rotatable bonds is 6. The van der Waals surface area contributed by atoms with E-state index < -0.39 is 0 Å². The van der Waals surface area contributed by atoms with Crippen LogP contribution in [0.2, 0.25) is 0 Å². The van der Waals surface area contributed by atoms with Gasteiger partial charge in [0.05, 0.1) is 0 Å². The molecule has 144 valence electrons. The first-order valence-electron chi connectivity index (χ1n) is 9.72. The SMILES string of the molecule is Cc1ccc(CC2=N/C(=C\Cc3ccccc3)N(/C=C/c3ccccc3)C2=O)[nH]1. The second-order valence-electron chi connectivity index (χ2n) is 7.06. The Labute approximate surface area is 170 Å². The molecule has 1 aliphatic rings. The summed E-state index contributed by atoms with van der Waals surface area (Å²) in [5.41, 5.74) is 4.83. The number of carbonyl (C=O) groups excluding carboxylic acids is 1. The van der Waals surface area contributed by atoms with E-state index in [0.717, 1.165) is 23.4 Å². The zero-order valence-corrected chi connectivity index (χ0v) is 16.4. The number of aromatic nitrogens is 1. The summed E-state index contributed by atoms with van der Waals surface area (Å²) in [4.78, 5) is 22.6. The quantitative estimate of drug-likeness (QED) is 0.648. The van der Waals surface area contributed by atoms with Crippen molar-refractivity contribution in [3.8, 4) is 0 Å². The van der Waals surface area contributed by atoms with Gasteiger partial charge in [0.1, 0.15) is 11.5 Å². The molecule has 1 amide bonds. The number of nitrogens with one attached hydrogen (secondary N) is 1. The topological polar surface area (TPSA) is 48.5 Å². The van der Waals surface area contributed by atoms with Crippen LogP contribution in [-0.4, -0.2) is 21.5 Å². The highest BCUT2D eigenvalue weighted by molar-refractivity contribution is 6.41. The molecule has 0 atom stereocenters. The molecular formula is C25H23N3O. The van der Waals surface area contributed by atoms with E-state index in [4.69, 9.17) is 0 Å². The lowest BCUT2D eigenvalue weighted by atomic mass is 10.1. The first-order chi connectivity index (χ1) is 14.2. The minimum atomic E-state index is -0.0799. The van der Waals surface area contributed by atoms with Gasteiger partial charge in [-0.05, 0) is 48.8 Å². The van der Waals surface area contributed by atoms with Gasteiger partial charge in [-0.25, -0.2) is 4.99 Å². The van der Waals surface area contributed by atoms with Crippen LogP contribution in [0.4, 0.5) is 0 Å². The van der Waals surface area contributed by atoms with Crippen molar-refractivity contribution >= 4 is 17.7 Å². The minimum Gasteiger partial charge on any atom is -0.362 e. The van der Waals surface area contributed by atoms with Gasteiger partial charge in [0.2, 0.25) is 0 Å². The average Bonchev–Trinajstić information content (AvgIpc) is 3.29. The fourth-order valence-electron chi connectivity index (χ4n) is 3.28. The number of aliphatic imine (C=N–C) groups is 1. The number of nitrogens with zero attached hydrogens (tertiary/aromatic N) is 2. The van der Waals surface area contributed by atoms with Gasteiger partial charge >= 0.3 is 0 Å². The Morgan fingerprint density at radius 3 is 2.38 bits per heavy atom. The van der Waals surface area contributed by atoms with E-state index in [0.29, 0.717) is 18.0 Å². The lowest BCUT2D eigenvalue weighted by molar-refractivity contribution is -0.119. The fraction of sp³-hybridized carbons (Fsp3) is 0.120. The van der Waals surface area contributed by atoms with E-state index in [1.165, 1.54) is 5.56 Å². The van der Waals surface area contributed by atoms with Crippen LogP contribution in [0.1, 0.15) is 22.5 Å². The molecule has 2 aromatic carbocycles. The van der Waals surface area contributed by atoms with E-state index in [9.17, 15) is 4.79 Å². The van der Waals surface area contributed by atoms with Gasteiger partial charge in [-0.2, -0.15) is 0 Å². The van der Waals surface area contributed by atoms with Crippen molar-refractivity contribution in [3.05, 3.63) is 113 Å². The second kappa shape index (κ2) is 8.57. The van der Waals surface area contributed by atoms with Gasteiger partial charge in [0, 0.05) is 24.0 Å². The summed E-state index contributed by atoms with van der Waals surface area (Å²) >= 11 is 0. The Balaban J connectivity index is 1.60. The Bertz CT molecular complexity index is 1080. The number of H-pyrrole nitrogens is 1. The highest BCUT2D eigenvalue weighted by Crippen LogP contribution is 2.21. The molecule has 1 aliphatic heterocycles. The molecule has 4 heteroatoms. The van der Waals surface area contributed by atoms with Crippen LogP contribution in [0.15, 0.2) is 95.9 Å². The minimum absolute atomic E-state index is 0.0799. The van der Waals surface area contributed by atoms with E-state index in [1.807, 2.05) is 85.9 Å². The summed E-state index contributed by atoms with van der Waals surface area (Å²) < 4.78 is 0. The molecule has 4 rings (SSSR count). The van der Waals surface area contributed by atoms with E-state index >= 15 is 0 Å². The molecule has 0 radical (unpaired) electrons. The maximum Gasteiger partial charge on any atom is 0.278 e. The molecule has 0 bridgehead atoms. The first kappa shape index (κ1) is 18.7. The van der Waals surface area contributed by atoms with Crippen molar-refractivity contribution in [3.63, 3.8) is 0 Å². The number of carbonyl (C=O) groups is 1. The van der Waals surface area contributed by atoms with Crippen LogP contribution in [0.25, 0.3) is 6.08 Å². The third-order valence-electron chi connectivity index (χ3n) is 4.79. The number of benzene rings is 2. The molecule has 0 unspecified atom stereocenters. The lowest BCUT2D eigenvalue weighted by Crippen LogP contribution is -2.25. The van der Waals surface area contributed by atoms with Crippen molar-refractivity contribution in [2.75, 3.05) is 0 Å². The Kier molecular flexibility index (Phi) is 5.52. The Morgan fingerprint density at radius 2 is 1.69 bits per heavy atom. The largest absolute Gasteiger partial charge is 0.362 e. The molecule has 0 saturated heterocycles. The molecule has 1 aromatic heterocycles.